The van der Waals surface area contributed by atoms with Gasteiger partial charge in [0, 0.05) is 17.1 Å². The first-order chi connectivity index (χ1) is 8.11. The van der Waals surface area contributed by atoms with Gasteiger partial charge in [-0.05, 0) is 25.1 Å². The van der Waals surface area contributed by atoms with Crippen LogP contribution in [0.5, 0.6) is 5.75 Å². The van der Waals surface area contributed by atoms with Crippen molar-refractivity contribution in [3.05, 3.63) is 28.5 Å². The molecule has 0 aromatic heterocycles. The minimum atomic E-state index is -0.594. The second kappa shape index (κ2) is 7.63. The van der Waals surface area contributed by atoms with Gasteiger partial charge in [0.2, 0.25) is 0 Å². The molecule has 0 spiro atoms. The van der Waals surface area contributed by atoms with E-state index in [1.165, 1.54) is 12.1 Å². The van der Waals surface area contributed by atoms with Crippen LogP contribution in [0.1, 0.15) is 13.3 Å². The Hall–Kier alpha value is -0.650. The zero-order valence-corrected chi connectivity index (χ0v) is 11.3. The molecule has 1 atom stereocenters. The number of nitrogens with one attached hydrogen (secondary N) is 1. The molecule has 0 aliphatic rings. The molecular weight excluding hydrogens is 289 g/mol. The Kier molecular flexibility index (Phi) is 6.47. The highest BCUT2D eigenvalue weighted by Gasteiger charge is 2.06. The Labute approximate surface area is 109 Å². The van der Waals surface area contributed by atoms with Gasteiger partial charge >= 0.3 is 0 Å². The number of hydrogen-bond donors (Lipinski definition) is 2. The molecule has 3 nitrogen and oxygen atoms in total. The van der Waals surface area contributed by atoms with Gasteiger partial charge in [0.05, 0.1) is 0 Å². The Morgan fingerprint density at radius 3 is 2.88 bits per heavy atom. The first-order valence-electron chi connectivity index (χ1n) is 5.59. The van der Waals surface area contributed by atoms with E-state index in [1.807, 2.05) is 0 Å². The highest BCUT2D eigenvalue weighted by molar-refractivity contribution is 9.10. The van der Waals surface area contributed by atoms with Crippen LogP contribution < -0.4 is 10.1 Å². The van der Waals surface area contributed by atoms with Crippen molar-refractivity contribution in [2.75, 3.05) is 19.7 Å². The van der Waals surface area contributed by atoms with E-state index in [9.17, 15) is 9.50 Å². The molecule has 0 fully saturated rings. The Morgan fingerprint density at radius 1 is 1.47 bits per heavy atom. The maximum absolute atomic E-state index is 13.0. The monoisotopic (exact) mass is 305 g/mol. The topological polar surface area (TPSA) is 41.5 Å². The quantitative estimate of drug-likeness (QED) is 0.760. The van der Waals surface area contributed by atoms with Crippen molar-refractivity contribution in [3.8, 4) is 5.75 Å². The van der Waals surface area contributed by atoms with Crippen molar-refractivity contribution in [3.63, 3.8) is 0 Å². The molecule has 0 bridgehead atoms. The predicted molar refractivity (Wildman–Crippen MR) is 68.8 cm³/mol. The largest absolute Gasteiger partial charge is 0.491 e. The van der Waals surface area contributed by atoms with Gasteiger partial charge in [-0.15, -0.1) is 0 Å². The lowest BCUT2D eigenvalue weighted by atomic mass is 10.3. The lowest BCUT2D eigenvalue weighted by Crippen LogP contribution is -2.31. The van der Waals surface area contributed by atoms with E-state index in [1.54, 1.807) is 6.07 Å². The molecule has 0 aliphatic heterocycles. The molecule has 2 N–H and O–H groups in total. The van der Waals surface area contributed by atoms with Crippen LogP contribution in [-0.2, 0) is 0 Å². The maximum Gasteiger partial charge on any atom is 0.128 e. The fourth-order valence-electron chi connectivity index (χ4n) is 1.31. The highest BCUT2D eigenvalue weighted by Crippen LogP contribution is 2.20. The number of hydrogen-bond acceptors (Lipinski definition) is 3. The van der Waals surface area contributed by atoms with E-state index in [0.717, 1.165) is 13.0 Å². The number of aliphatic hydroxyl groups is 1. The normalized spacial score (nSPS) is 12.5. The molecule has 0 saturated carbocycles. The molecule has 0 radical (unpaired) electrons. The van der Waals surface area contributed by atoms with Crippen molar-refractivity contribution < 1.29 is 14.2 Å². The van der Waals surface area contributed by atoms with Crippen molar-refractivity contribution in [1.82, 2.24) is 5.32 Å². The second-order valence-corrected chi connectivity index (χ2v) is 4.69. The Morgan fingerprint density at radius 2 is 2.24 bits per heavy atom. The summed E-state index contributed by atoms with van der Waals surface area (Å²) in [5, 5.41) is 12.7. The van der Waals surface area contributed by atoms with Gasteiger partial charge in [0.25, 0.3) is 0 Å². The smallest absolute Gasteiger partial charge is 0.128 e. The van der Waals surface area contributed by atoms with Crippen LogP contribution >= 0.6 is 15.9 Å². The summed E-state index contributed by atoms with van der Waals surface area (Å²) in [6.07, 6.45) is 0.424. The average Bonchev–Trinajstić information content (AvgIpc) is 2.25. The van der Waals surface area contributed by atoms with Gasteiger partial charge in [-0.2, -0.15) is 0 Å². The molecule has 0 aliphatic carbocycles. The van der Waals surface area contributed by atoms with Crippen molar-refractivity contribution in [1.29, 1.82) is 0 Å². The van der Waals surface area contributed by atoms with Gasteiger partial charge in [-0.1, -0.05) is 22.9 Å². The molecule has 0 heterocycles. The number of ether oxygens (including phenoxy) is 1. The zero-order valence-electron chi connectivity index (χ0n) is 9.75. The van der Waals surface area contributed by atoms with Crippen LogP contribution in [0.3, 0.4) is 0 Å². The summed E-state index contributed by atoms with van der Waals surface area (Å²) in [6.45, 7) is 3.54. The first kappa shape index (κ1) is 14.4. The minimum absolute atomic E-state index is 0.145. The molecule has 0 saturated heterocycles. The maximum atomic E-state index is 13.0. The third-order valence-corrected chi connectivity index (χ3v) is 2.54. The molecule has 1 aromatic rings. The van der Waals surface area contributed by atoms with E-state index in [-0.39, 0.29) is 12.4 Å². The number of rotatable bonds is 7. The van der Waals surface area contributed by atoms with Crippen LogP contribution in [0.25, 0.3) is 0 Å². The SMILES string of the molecule is CCCNCC(O)COc1cc(F)cc(Br)c1. The van der Waals surface area contributed by atoms with E-state index in [0.29, 0.717) is 16.8 Å². The average molecular weight is 306 g/mol. The van der Waals surface area contributed by atoms with E-state index in [2.05, 4.69) is 28.2 Å². The molecule has 1 aromatic carbocycles. The van der Waals surface area contributed by atoms with Crippen molar-refractivity contribution in [2.24, 2.45) is 0 Å². The lowest BCUT2D eigenvalue weighted by molar-refractivity contribution is 0.106. The molecule has 96 valence electrons. The first-order valence-corrected chi connectivity index (χ1v) is 6.38. The van der Waals surface area contributed by atoms with Gasteiger partial charge in [-0.25, -0.2) is 4.39 Å². The third kappa shape index (κ3) is 6.00. The highest BCUT2D eigenvalue weighted by atomic mass is 79.9. The van der Waals surface area contributed by atoms with Crippen LogP contribution in [0, 0.1) is 5.82 Å². The summed E-state index contributed by atoms with van der Waals surface area (Å²) in [7, 11) is 0. The minimum Gasteiger partial charge on any atom is -0.491 e. The van der Waals surface area contributed by atoms with E-state index >= 15 is 0 Å². The summed E-state index contributed by atoms with van der Waals surface area (Å²) in [5.74, 6) is 0.0411. The second-order valence-electron chi connectivity index (χ2n) is 3.77. The van der Waals surface area contributed by atoms with Crippen molar-refractivity contribution in [2.45, 2.75) is 19.4 Å². The molecule has 17 heavy (non-hydrogen) atoms. The standard InChI is InChI=1S/C12H17BrFNO2/c1-2-3-15-7-11(16)8-17-12-5-9(13)4-10(14)6-12/h4-6,11,15-16H,2-3,7-8H2,1H3. The van der Waals surface area contributed by atoms with Crippen LogP contribution in [0.15, 0.2) is 22.7 Å². The molecule has 5 heteroatoms. The number of aliphatic hydroxyl groups excluding tert-OH is 1. The summed E-state index contributed by atoms with van der Waals surface area (Å²) in [6, 6.07) is 4.30. The number of benzene rings is 1. The molecule has 1 unspecified atom stereocenters. The van der Waals surface area contributed by atoms with Gasteiger partial charge in [0.15, 0.2) is 0 Å². The lowest BCUT2D eigenvalue weighted by Gasteiger charge is -2.13. The number of halogens is 2. The third-order valence-electron chi connectivity index (χ3n) is 2.09. The summed E-state index contributed by atoms with van der Waals surface area (Å²) < 4.78 is 18.9. The summed E-state index contributed by atoms with van der Waals surface area (Å²) in [5.41, 5.74) is 0. The van der Waals surface area contributed by atoms with Gasteiger partial charge in [-0.3, -0.25) is 0 Å². The van der Waals surface area contributed by atoms with Crippen LogP contribution in [-0.4, -0.2) is 30.9 Å². The van der Waals surface area contributed by atoms with Crippen LogP contribution in [0.4, 0.5) is 4.39 Å². The molecule has 0 amide bonds. The fourth-order valence-corrected chi connectivity index (χ4v) is 1.75. The summed E-state index contributed by atoms with van der Waals surface area (Å²) >= 11 is 3.18. The molecule has 1 rings (SSSR count). The van der Waals surface area contributed by atoms with E-state index < -0.39 is 6.10 Å². The Balaban J connectivity index is 2.34. The predicted octanol–water partition coefficient (Wildman–Crippen LogP) is 2.33. The summed E-state index contributed by atoms with van der Waals surface area (Å²) in [4.78, 5) is 0. The molecular formula is C12H17BrFNO2. The van der Waals surface area contributed by atoms with Crippen LogP contribution in [0.2, 0.25) is 0 Å². The Bertz CT molecular complexity index is 329. The van der Waals surface area contributed by atoms with E-state index in [4.69, 9.17) is 4.74 Å². The van der Waals surface area contributed by atoms with Crippen molar-refractivity contribution >= 4 is 15.9 Å². The van der Waals surface area contributed by atoms with Gasteiger partial charge in [0.1, 0.15) is 24.3 Å². The van der Waals surface area contributed by atoms with Gasteiger partial charge < -0.3 is 15.2 Å². The zero-order chi connectivity index (χ0) is 12.7. The fraction of sp³-hybridized carbons (Fsp3) is 0.500.